The number of H-pyrrole nitrogens is 1. The van der Waals surface area contributed by atoms with Crippen molar-refractivity contribution in [2.24, 2.45) is 0 Å². The van der Waals surface area contributed by atoms with Gasteiger partial charge in [-0.2, -0.15) is 0 Å². The number of fused-ring (bicyclic) bond motifs is 1. The molecule has 2 aromatic carbocycles. The van der Waals surface area contributed by atoms with Crippen LogP contribution >= 0.6 is 11.6 Å². The number of rotatable bonds is 7. The van der Waals surface area contributed by atoms with Crippen LogP contribution < -0.4 is 14.9 Å². The number of aromatic amines is 1. The second kappa shape index (κ2) is 7.63. The maximum absolute atomic E-state index is 12.6. The first kappa shape index (κ1) is 19.9. The Kier molecular flexibility index (Phi) is 5.41. The van der Waals surface area contributed by atoms with Gasteiger partial charge in [-0.25, -0.2) is 13.1 Å². The summed E-state index contributed by atoms with van der Waals surface area (Å²) in [5, 5.41) is 23.1. The first-order valence-electron chi connectivity index (χ1n) is 7.98. The van der Waals surface area contributed by atoms with Crippen molar-refractivity contribution in [3.05, 3.63) is 64.8 Å². The van der Waals surface area contributed by atoms with Gasteiger partial charge in [-0.05, 0) is 36.2 Å². The van der Waals surface area contributed by atoms with Crippen LogP contribution in [0.5, 0.6) is 0 Å². The first-order valence-corrected chi connectivity index (χ1v) is 9.84. The van der Waals surface area contributed by atoms with Gasteiger partial charge in [-0.3, -0.25) is 0 Å². The molecule has 0 spiro atoms. The highest BCUT2D eigenvalue weighted by molar-refractivity contribution is 7.89. The van der Waals surface area contributed by atoms with Gasteiger partial charge in [-0.1, -0.05) is 29.8 Å². The van der Waals surface area contributed by atoms with Gasteiger partial charge in [0.1, 0.15) is 0 Å². The summed E-state index contributed by atoms with van der Waals surface area (Å²) in [6.07, 6.45) is 1.41. The van der Waals surface area contributed by atoms with Crippen LogP contribution in [0.1, 0.15) is 15.9 Å². The molecule has 28 heavy (non-hydrogen) atoms. The summed E-state index contributed by atoms with van der Waals surface area (Å²) in [7, 11) is -4.36. The normalized spacial score (nSPS) is 12.8. The van der Waals surface area contributed by atoms with E-state index in [1.165, 1.54) is 0 Å². The quantitative estimate of drug-likeness (QED) is 0.543. The molecule has 2 N–H and O–H groups in total. The second-order valence-corrected chi connectivity index (χ2v) is 8.11. The van der Waals surface area contributed by atoms with Gasteiger partial charge in [0.25, 0.3) is 0 Å². The summed E-state index contributed by atoms with van der Waals surface area (Å²) in [6, 6.07) is 8.51. The molecule has 1 aromatic heterocycles. The number of carboxylic acid groups (broad SMARTS) is 2. The molecule has 0 unspecified atom stereocenters. The Labute approximate surface area is 164 Å². The molecule has 0 aliphatic heterocycles. The number of nitrogens with one attached hydrogen (secondary N) is 2. The van der Waals surface area contributed by atoms with Crippen molar-refractivity contribution in [2.45, 2.75) is 17.4 Å². The first-order chi connectivity index (χ1) is 13.2. The lowest BCUT2D eigenvalue weighted by molar-refractivity contribution is -0.308. The number of hydrogen-bond acceptors (Lipinski definition) is 6. The Balaban J connectivity index is 1.91. The van der Waals surface area contributed by atoms with Crippen LogP contribution in [0.4, 0.5) is 0 Å². The molecule has 0 fully saturated rings. The van der Waals surface area contributed by atoms with Crippen LogP contribution in [0.3, 0.4) is 0 Å². The zero-order valence-electron chi connectivity index (χ0n) is 14.1. The average Bonchev–Trinajstić information content (AvgIpc) is 3.04. The lowest BCUT2D eigenvalue weighted by Gasteiger charge is -2.20. The molecule has 0 saturated heterocycles. The van der Waals surface area contributed by atoms with Gasteiger partial charge in [0.2, 0.25) is 10.0 Å². The molecule has 0 radical (unpaired) electrons. The summed E-state index contributed by atoms with van der Waals surface area (Å²) in [4.78, 5) is 25.1. The van der Waals surface area contributed by atoms with Crippen molar-refractivity contribution in [1.82, 2.24) is 9.71 Å². The Morgan fingerprint density at radius 1 is 1.14 bits per heavy atom. The topological polar surface area (TPSA) is 142 Å². The molecule has 0 bridgehead atoms. The predicted molar refractivity (Wildman–Crippen MR) is 96.9 cm³/mol. The minimum atomic E-state index is -4.36. The summed E-state index contributed by atoms with van der Waals surface area (Å²) in [5.41, 5.74) is 0.832. The van der Waals surface area contributed by atoms with Gasteiger partial charge >= 0.3 is 0 Å². The van der Waals surface area contributed by atoms with Gasteiger partial charge < -0.3 is 24.8 Å². The van der Waals surface area contributed by atoms with Crippen molar-refractivity contribution >= 4 is 44.5 Å². The van der Waals surface area contributed by atoms with Gasteiger partial charge in [0.15, 0.2) is 0 Å². The number of para-hydroxylation sites is 1. The van der Waals surface area contributed by atoms with E-state index in [-0.39, 0.29) is 11.4 Å². The third-order valence-electron chi connectivity index (χ3n) is 4.15. The third-order valence-corrected chi connectivity index (χ3v) is 5.95. The van der Waals surface area contributed by atoms with Crippen LogP contribution in [0.2, 0.25) is 5.02 Å². The number of sulfonamides is 1. The van der Waals surface area contributed by atoms with E-state index in [1.54, 1.807) is 30.5 Å². The van der Waals surface area contributed by atoms with Crippen LogP contribution in [0.15, 0.2) is 53.6 Å². The van der Waals surface area contributed by atoms with Crippen molar-refractivity contribution in [3.8, 4) is 0 Å². The van der Waals surface area contributed by atoms with Gasteiger partial charge in [-0.15, -0.1) is 0 Å². The Hall–Kier alpha value is -2.88. The van der Waals surface area contributed by atoms with Gasteiger partial charge in [0.05, 0.1) is 22.9 Å². The van der Waals surface area contributed by atoms with Crippen LogP contribution in [0, 0.1) is 0 Å². The molecule has 0 saturated carbocycles. The molecule has 10 heteroatoms. The van der Waals surface area contributed by atoms with Crippen LogP contribution in [0.25, 0.3) is 10.9 Å². The van der Waals surface area contributed by atoms with E-state index in [9.17, 15) is 28.2 Å². The monoisotopic (exact) mass is 420 g/mol. The fourth-order valence-corrected chi connectivity index (χ4v) is 4.18. The predicted octanol–water partition coefficient (Wildman–Crippen LogP) is -0.176. The maximum Gasteiger partial charge on any atom is 0.241 e. The highest BCUT2D eigenvalue weighted by Crippen LogP contribution is 2.22. The Morgan fingerprint density at radius 3 is 2.54 bits per heavy atom. The van der Waals surface area contributed by atoms with Crippen molar-refractivity contribution in [1.29, 1.82) is 0 Å². The molecule has 3 rings (SSSR count). The Bertz CT molecular complexity index is 1170. The summed E-state index contributed by atoms with van der Waals surface area (Å²) < 4.78 is 27.2. The summed E-state index contributed by atoms with van der Waals surface area (Å²) >= 11 is 5.70. The number of aromatic carboxylic acids is 1. The molecule has 146 valence electrons. The molecular weight excluding hydrogens is 408 g/mol. The molecule has 0 aliphatic rings. The van der Waals surface area contributed by atoms with E-state index in [4.69, 9.17) is 11.6 Å². The fraction of sp³-hybridized carbons (Fsp3) is 0.111. The fourth-order valence-electron chi connectivity index (χ4n) is 2.78. The van der Waals surface area contributed by atoms with Crippen molar-refractivity contribution in [2.75, 3.05) is 0 Å². The average molecular weight is 421 g/mol. The lowest BCUT2D eigenvalue weighted by Crippen LogP contribution is -2.49. The van der Waals surface area contributed by atoms with Crippen LogP contribution in [-0.4, -0.2) is 31.4 Å². The minimum absolute atomic E-state index is 0.174. The van der Waals surface area contributed by atoms with E-state index in [2.05, 4.69) is 4.98 Å². The number of carbonyl (C=O) groups excluding carboxylic acids is 2. The standard InChI is InChI=1S/C18H15ClN2O6S/c19-14-6-5-11(8-13(14)17(22)23)28(26,27)21-16(18(24)25)7-10-9-20-15-4-2-1-3-12(10)15/h1-6,8-9,16,20-21H,7H2,(H,22,23)(H,24,25)/p-2/t16-/m0/s1. The molecule has 0 amide bonds. The number of aliphatic carboxylic acids is 1. The van der Waals surface area contributed by atoms with Crippen LogP contribution in [-0.2, 0) is 21.2 Å². The number of carbonyl (C=O) groups is 2. The zero-order chi connectivity index (χ0) is 20.5. The summed E-state index contributed by atoms with van der Waals surface area (Å²) in [5.74, 6) is -3.28. The number of aromatic nitrogens is 1. The Morgan fingerprint density at radius 2 is 1.86 bits per heavy atom. The maximum atomic E-state index is 12.6. The smallest absolute Gasteiger partial charge is 0.241 e. The van der Waals surface area contributed by atoms with Crippen molar-refractivity contribution < 1.29 is 28.2 Å². The number of carboxylic acids is 2. The van der Waals surface area contributed by atoms with Crippen molar-refractivity contribution in [3.63, 3.8) is 0 Å². The molecule has 1 atom stereocenters. The van der Waals surface area contributed by atoms with E-state index < -0.39 is 38.5 Å². The van der Waals surface area contributed by atoms with E-state index >= 15 is 0 Å². The number of halogens is 1. The minimum Gasteiger partial charge on any atom is -0.548 e. The third kappa shape index (κ3) is 4.01. The molecule has 3 aromatic rings. The molecular formula is C18H13ClN2O6S-2. The van der Waals surface area contributed by atoms with Gasteiger partial charge in [0, 0.05) is 27.7 Å². The number of hydrogen-bond donors (Lipinski definition) is 2. The highest BCUT2D eigenvalue weighted by Gasteiger charge is 2.23. The number of benzene rings is 2. The van der Waals surface area contributed by atoms with E-state index in [1.807, 2.05) is 4.72 Å². The van der Waals surface area contributed by atoms with E-state index in [0.717, 1.165) is 29.1 Å². The lowest BCUT2D eigenvalue weighted by atomic mass is 10.1. The zero-order valence-corrected chi connectivity index (χ0v) is 15.7. The molecule has 0 aliphatic carbocycles. The SMILES string of the molecule is O=C([O-])c1cc(S(=O)(=O)N[C@@H](Cc2c[nH]c3ccccc23)C(=O)[O-])ccc1Cl. The molecule has 8 nitrogen and oxygen atoms in total. The second-order valence-electron chi connectivity index (χ2n) is 5.99. The van der Waals surface area contributed by atoms with E-state index in [0.29, 0.717) is 5.56 Å². The largest absolute Gasteiger partial charge is 0.548 e. The summed E-state index contributed by atoms with van der Waals surface area (Å²) in [6.45, 7) is 0. The highest BCUT2D eigenvalue weighted by atomic mass is 35.5. The molecule has 1 heterocycles.